The van der Waals surface area contributed by atoms with E-state index < -0.39 is 11.7 Å². The number of phenolic OH excluding ortho intramolecular Hbond substituents is 2. The molecule has 1 fully saturated rings. The van der Waals surface area contributed by atoms with Gasteiger partial charge in [-0.05, 0) is 56.3 Å². The summed E-state index contributed by atoms with van der Waals surface area (Å²) in [7, 11) is 0. The SMILES string of the molecule is CCNC(=O)CC1N=C(c2ccc(Cl)cc2)c2cc(OCCOCCNC(=O)c3cccc(O)c3O)ccc2N2C(C)NNC12. The highest BCUT2D eigenvalue weighted by Gasteiger charge is 2.40. The van der Waals surface area contributed by atoms with E-state index in [4.69, 9.17) is 26.1 Å². The summed E-state index contributed by atoms with van der Waals surface area (Å²) in [4.78, 5) is 32.3. The highest BCUT2D eigenvalue weighted by Crippen LogP contribution is 2.36. The minimum absolute atomic E-state index is 0.0141. The largest absolute Gasteiger partial charge is 0.504 e. The smallest absolute Gasteiger partial charge is 0.255 e. The number of fused-ring (bicyclic) bond motifs is 3. The van der Waals surface area contributed by atoms with Crippen LogP contribution in [0.3, 0.4) is 0 Å². The summed E-state index contributed by atoms with van der Waals surface area (Å²) < 4.78 is 11.7. The molecule has 2 heterocycles. The van der Waals surface area contributed by atoms with E-state index >= 15 is 0 Å². The van der Waals surface area contributed by atoms with Crippen molar-refractivity contribution >= 4 is 34.8 Å². The molecular formula is C32H37ClN6O6. The first-order valence-corrected chi connectivity index (χ1v) is 15.2. The molecule has 0 saturated carbocycles. The van der Waals surface area contributed by atoms with Gasteiger partial charge in [-0.3, -0.25) is 14.6 Å². The van der Waals surface area contributed by atoms with Crippen molar-refractivity contribution in [2.24, 2.45) is 4.99 Å². The lowest BCUT2D eigenvalue weighted by Gasteiger charge is -2.31. The number of anilines is 1. The maximum Gasteiger partial charge on any atom is 0.255 e. The number of hydrogen-bond donors (Lipinski definition) is 6. The van der Waals surface area contributed by atoms with Gasteiger partial charge < -0.3 is 35.2 Å². The van der Waals surface area contributed by atoms with Crippen molar-refractivity contribution in [3.63, 3.8) is 0 Å². The third-order valence-electron chi connectivity index (χ3n) is 7.49. The molecule has 5 rings (SSSR count). The van der Waals surface area contributed by atoms with Crippen LogP contribution in [0.25, 0.3) is 0 Å². The number of amides is 2. The predicted molar refractivity (Wildman–Crippen MR) is 171 cm³/mol. The lowest BCUT2D eigenvalue weighted by atomic mass is 9.99. The van der Waals surface area contributed by atoms with Gasteiger partial charge in [0, 0.05) is 34.9 Å². The number of nitrogens with zero attached hydrogens (tertiary/aromatic N) is 2. The number of para-hydroxylation sites is 1. The van der Waals surface area contributed by atoms with Gasteiger partial charge in [0.2, 0.25) is 5.91 Å². The van der Waals surface area contributed by atoms with Gasteiger partial charge in [0.05, 0.1) is 43.1 Å². The Morgan fingerprint density at radius 3 is 2.60 bits per heavy atom. The summed E-state index contributed by atoms with van der Waals surface area (Å²) in [6.07, 6.45) is -0.122. The maximum atomic E-state index is 12.7. The fourth-order valence-corrected chi connectivity index (χ4v) is 5.50. The first-order valence-electron chi connectivity index (χ1n) is 14.8. The zero-order valence-electron chi connectivity index (χ0n) is 25.0. The zero-order chi connectivity index (χ0) is 31.9. The van der Waals surface area contributed by atoms with Crippen molar-refractivity contribution in [2.75, 3.05) is 37.8 Å². The molecule has 3 atom stereocenters. The highest BCUT2D eigenvalue weighted by atomic mass is 35.5. The molecule has 6 N–H and O–H groups in total. The number of nitrogens with one attached hydrogen (secondary N) is 4. The van der Waals surface area contributed by atoms with Crippen molar-refractivity contribution < 1.29 is 29.3 Å². The van der Waals surface area contributed by atoms with E-state index in [1.807, 2.05) is 56.3 Å². The summed E-state index contributed by atoms with van der Waals surface area (Å²) >= 11 is 6.20. The Hall–Kier alpha value is -4.36. The molecule has 3 aromatic carbocycles. The van der Waals surface area contributed by atoms with Crippen LogP contribution in [0, 0.1) is 0 Å². The van der Waals surface area contributed by atoms with Gasteiger partial charge in [0.15, 0.2) is 11.5 Å². The van der Waals surface area contributed by atoms with Gasteiger partial charge in [-0.25, -0.2) is 10.9 Å². The average molecular weight is 637 g/mol. The average Bonchev–Trinajstić information content (AvgIpc) is 3.35. The number of phenols is 2. The predicted octanol–water partition coefficient (Wildman–Crippen LogP) is 2.91. The fourth-order valence-electron chi connectivity index (χ4n) is 5.37. The molecular weight excluding hydrogens is 600 g/mol. The molecule has 2 aliphatic rings. The van der Waals surface area contributed by atoms with Crippen molar-refractivity contribution in [1.29, 1.82) is 0 Å². The van der Waals surface area contributed by atoms with Crippen LogP contribution in [0.4, 0.5) is 5.69 Å². The monoisotopic (exact) mass is 636 g/mol. The Kier molecular flexibility index (Phi) is 10.4. The van der Waals surface area contributed by atoms with E-state index in [1.54, 1.807) is 0 Å². The van der Waals surface area contributed by atoms with Crippen molar-refractivity contribution in [1.82, 2.24) is 21.5 Å². The number of ether oxygens (including phenoxy) is 2. The summed E-state index contributed by atoms with van der Waals surface area (Å²) in [6, 6.07) is 17.1. The van der Waals surface area contributed by atoms with Crippen LogP contribution in [0.1, 0.15) is 41.8 Å². The Morgan fingerprint density at radius 2 is 1.82 bits per heavy atom. The van der Waals surface area contributed by atoms with Crippen LogP contribution in [0.2, 0.25) is 5.02 Å². The number of carbonyl (C=O) groups excluding carboxylic acids is 2. The fraction of sp³-hybridized carbons (Fsp3) is 0.344. The quantitative estimate of drug-likeness (QED) is 0.130. The van der Waals surface area contributed by atoms with E-state index in [0.29, 0.717) is 17.3 Å². The second-order valence-corrected chi connectivity index (χ2v) is 11.0. The second-order valence-electron chi connectivity index (χ2n) is 10.6. The molecule has 0 aliphatic carbocycles. The molecule has 12 nitrogen and oxygen atoms in total. The minimum atomic E-state index is -0.514. The third kappa shape index (κ3) is 7.48. The van der Waals surface area contributed by atoms with Crippen molar-refractivity contribution in [3.05, 3.63) is 82.4 Å². The van der Waals surface area contributed by atoms with Gasteiger partial charge in [0.25, 0.3) is 5.91 Å². The molecule has 3 unspecified atom stereocenters. The van der Waals surface area contributed by atoms with E-state index in [2.05, 4.69) is 26.4 Å². The molecule has 13 heteroatoms. The van der Waals surface area contributed by atoms with Crippen LogP contribution >= 0.6 is 11.6 Å². The Morgan fingerprint density at radius 1 is 1.02 bits per heavy atom. The van der Waals surface area contributed by atoms with Gasteiger partial charge in [-0.2, -0.15) is 0 Å². The zero-order valence-corrected chi connectivity index (χ0v) is 25.8. The summed E-state index contributed by atoms with van der Waals surface area (Å²) in [5.41, 5.74) is 9.99. The van der Waals surface area contributed by atoms with Crippen molar-refractivity contribution in [3.8, 4) is 17.2 Å². The Bertz CT molecular complexity index is 1550. The molecule has 0 radical (unpaired) electrons. The molecule has 0 spiro atoms. The topological polar surface area (TPSA) is 157 Å². The second kappa shape index (κ2) is 14.6. The number of halogens is 1. The molecule has 45 heavy (non-hydrogen) atoms. The summed E-state index contributed by atoms with van der Waals surface area (Å²) in [5, 5.41) is 25.6. The third-order valence-corrected chi connectivity index (χ3v) is 7.74. The number of rotatable bonds is 12. The van der Waals surface area contributed by atoms with Crippen LogP contribution in [0.15, 0.2) is 65.7 Å². The molecule has 0 bridgehead atoms. The molecule has 2 aliphatic heterocycles. The molecule has 0 aromatic heterocycles. The Balaban J connectivity index is 1.27. The normalized spacial score (nSPS) is 18.8. The van der Waals surface area contributed by atoms with E-state index in [0.717, 1.165) is 22.5 Å². The van der Waals surface area contributed by atoms with E-state index in [9.17, 15) is 19.8 Å². The number of aliphatic imine (C=N–C) groups is 1. The van der Waals surface area contributed by atoms with Crippen molar-refractivity contribution in [2.45, 2.75) is 38.6 Å². The first-order chi connectivity index (χ1) is 21.8. The van der Waals surface area contributed by atoms with Gasteiger partial charge in [-0.1, -0.05) is 29.8 Å². The van der Waals surface area contributed by atoms with Crippen LogP contribution in [-0.2, 0) is 9.53 Å². The van der Waals surface area contributed by atoms with Crippen LogP contribution in [-0.4, -0.2) is 79.0 Å². The van der Waals surface area contributed by atoms with Gasteiger partial charge in [0.1, 0.15) is 18.5 Å². The highest BCUT2D eigenvalue weighted by molar-refractivity contribution is 6.30. The molecule has 2 amide bonds. The Labute approximate surface area is 266 Å². The summed E-state index contributed by atoms with van der Waals surface area (Å²) in [5.74, 6) is -0.787. The van der Waals surface area contributed by atoms with E-state index in [-0.39, 0.29) is 68.4 Å². The molecule has 1 saturated heterocycles. The maximum absolute atomic E-state index is 12.7. The molecule has 238 valence electrons. The van der Waals surface area contributed by atoms with Crippen LogP contribution < -0.4 is 31.1 Å². The van der Waals surface area contributed by atoms with Gasteiger partial charge in [-0.15, -0.1) is 0 Å². The lowest BCUT2D eigenvalue weighted by Crippen LogP contribution is -2.47. The first kappa shape index (κ1) is 32.0. The lowest BCUT2D eigenvalue weighted by molar-refractivity contribution is -0.121. The van der Waals surface area contributed by atoms with E-state index in [1.165, 1.54) is 18.2 Å². The molecule has 3 aromatic rings. The number of benzene rings is 3. The summed E-state index contributed by atoms with van der Waals surface area (Å²) in [6.45, 7) is 5.46. The number of aromatic hydroxyl groups is 2. The number of hydrogen-bond acceptors (Lipinski definition) is 10. The van der Waals surface area contributed by atoms with Gasteiger partial charge >= 0.3 is 0 Å². The van der Waals surface area contributed by atoms with Crippen LogP contribution in [0.5, 0.6) is 17.2 Å². The number of carbonyl (C=O) groups is 2. The standard InChI is InChI=1S/C32H37ClN6O6/c1-3-34-28(41)18-25-31-38-37-19(2)39(31)26-12-11-22(17-24(26)29(36-25)20-7-9-21(33)10-8-20)45-16-15-44-14-13-35-32(43)23-5-4-6-27(40)30(23)42/h4-12,17,19,25,31,37-38,40,42H,3,13-16,18H2,1-2H3,(H,34,41)(H,35,43). The minimum Gasteiger partial charge on any atom is -0.504 e. The number of hydrazine groups is 1.